The second kappa shape index (κ2) is 8.68. The molecule has 2 amide bonds. The maximum atomic E-state index is 13.5. The first kappa shape index (κ1) is 20.2. The van der Waals surface area contributed by atoms with Gasteiger partial charge in [0.15, 0.2) is 6.61 Å². The summed E-state index contributed by atoms with van der Waals surface area (Å²) in [6.07, 6.45) is -0.0829. The molecule has 3 rings (SSSR count). The molecule has 7 nitrogen and oxygen atoms in total. The first-order chi connectivity index (χ1) is 13.9. The summed E-state index contributed by atoms with van der Waals surface area (Å²) in [5, 5.41) is 2.02. The van der Waals surface area contributed by atoms with E-state index in [1.165, 1.54) is 12.0 Å². The summed E-state index contributed by atoms with van der Waals surface area (Å²) in [4.78, 5) is 37.8. The Bertz CT molecular complexity index is 930. The van der Waals surface area contributed by atoms with Gasteiger partial charge in [0.1, 0.15) is 23.1 Å². The van der Waals surface area contributed by atoms with Crippen LogP contribution in [0.15, 0.2) is 42.5 Å². The number of methoxy groups -OCH3 is 1. The quantitative estimate of drug-likeness (QED) is 0.748. The van der Waals surface area contributed by atoms with Crippen molar-refractivity contribution in [2.75, 3.05) is 30.5 Å². The number of amides is 2. The minimum atomic E-state index is -0.946. The van der Waals surface area contributed by atoms with Crippen LogP contribution in [-0.2, 0) is 19.1 Å². The molecule has 1 atom stereocenters. The molecule has 0 spiro atoms. The molecule has 29 heavy (non-hydrogen) atoms. The molecule has 0 aliphatic carbocycles. The van der Waals surface area contributed by atoms with Gasteiger partial charge in [-0.3, -0.25) is 14.4 Å². The normalized spacial score (nSPS) is 15.9. The van der Waals surface area contributed by atoms with Gasteiger partial charge in [0.05, 0.1) is 18.7 Å². The summed E-state index contributed by atoms with van der Waals surface area (Å²) in [6, 6.07) is 10.0. The molecular weight excluding hydrogens is 386 g/mol. The SMILES string of the molecule is COc1ccccc1N1C[C@H](C(=O)OCC(=O)Nc2c(F)cccc2F)CC1=O. The number of halogens is 2. The van der Waals surface area contributed by atoms with Crippen molar-refractivity contribution in [2.45, 2.75) is 6.42 Å². The van der Waals surface area contributed by atoms with E-state index in [2.05, 4.69) is 0 Å². The van der Waals surface area contributed by atoms with Gasteiger partial charge in [-0.2, -0.15) is 0 Å². The zero-order valence-electron chi connectivity index (χ0n) is 15.5. The van der Waals surface area contributed by atoms with Crippen LogP contribution in [0.5, 0.6) is 5.75 Å². The van der Waals surface area contributed by atoms with Crippen LogP contribution in [0.3, 0.4) is 0 Å². The third-order valence-electron chi connectivity index (χ3n) is 4.41. The maximum Gasteiger partial charge on any atom is 0.311 e. The van der Waals surface area contributed by atoms with Crippen LogP contribution in [0.1, 0.15) is 6.42 Å². The largest absolute Gasteiger partial charge is 0.495 e. The van der Waals surface area contributed by atoms with Crippen molar-refractivity contribution in [1.29, 1.82) is 0 Å². The highest BCUT2D eigenvalue weighted by atomic mass is 19.1. The molecule has 1 saturated heterocycles. The zero-order valence-corrected chi connectivity index (χ0v) is 15.5. The Balaban J connectivity index is 1.58. The molecule has 0 saturated carbocycles. The number of anilines is 2. The number of ether oxygens (including phenoxy) is 2. The first-order valence-corrected chi connectivity index (χ1v) is 8.74. The number of hydrogen-bond acceptors (Lipinski definition) is 5. The Kier molecular flexibility index (Phi) is 6.06. The van der Waals surface area contributed by atoms with E-state index in [0.29, 0.717) is 11.4 Å². The van der Waals surface area contributed by atoms with E-state index in [1.807, 2.05) is 5.32 Å². The Hall–Kier alpha value is -3.49. The van der Waals surface area contributed by atoms with Crippen molar-refractivity contribution in [1.82, 2.24) is 0 Å². The van der Waals surface area contributed by atoms with Crippen molar-refractivity contribution in [2.24, 2.45) is 5.92 Å². The average Bonchev–Trinajstić information content (AvgIpc) is 3.10. The Morgan fingerprint density at radius 1 is 1.14 bits per heavy atom. The number of carbonyl (C=O) groups excluding carboxylic acids is 3. The van der Waals surface area contributed by atoms with Gasteiger partial charge >= 0.3 is 5.97 Å². The van der Waals surface area contributed by atoms with Gasteiger partial charge in [0.25, 0.3) is 5.91 Å². The van der Waals surface area contributed by atoms with E-state index in [4.69, 9.17) is 9.47 Å². The summed E-state index contributed by atoms with van der Waals surface area (Å²) in [7, 11) is 1.47. The number of hydrogen-bond donors (Lipinski definition) is 1. The fraction of sp³-hybridized carbons (Fsp3) is 0.250. The Morgan fingerprint density at radius 3 is 2.52 bits per heavy atom. The predicted octanol–water partition coefficient (Wildman–Crippen LogP) is 2.51. The van der Waals surface area contributed by atoms with Crippen LogP contribution in [0, 0.1) is 17.6 Å². The molecule has 1 N–H and O–H groups in total. The van der Waals surface area contributed by atoms with Gasteiger partial charge in [0, 0.05) is 13.0 Å². The van der Waals surface area contributed by atoms with Crippen LogP contribution in [-0.4, -0.2) is 38.0 Å². The van der Waals surface area contributed by atoms with Crippen molar-refractivity contribution in [3.05, 3.63) is 54.1 Å². The number of rotatable bonds is 6. The van der Waals surface area contributed by atoms with Crippen LogP contribution < -0.4 is 15.0 Å². The van der Waals surface area contributed by atoms with E-state index < -0.39 is 41.7 Å². The second-order valence-electron chi connectivity index (χ2n) is 6.33. The van der Waals surface area contributed by atoms with Crippen molar-refractivity contribution in [3.63, 3.8) is 0 Å². The maximum absolute atomic E-state index is 13.5. The fourth-order valence-electron chi connectivity index (χ4n) is 3.00. The van der Waals surface area contributed by atoms with Crippen molar-refractivity contribution in [3.8, 4) is 5.75 Å². The smallest absolute Gasteiger partial charge is 0.311 e. The summed E-state index contributed by atoms with van der Waals surface area (Å²) >= 11 is 0. The number of nitrogens with one attached hydrogen (secondary N) is 1. The molecular formula is C20H18F2N2O5. The number of para-hydroxylation sites is 3. The van der Waals surface area contributed by atoms with E-state index in [9.17, 15) is 23.2 Å². The minimum Gasteiger partial charge on any atom is -0.495 e. The molecule has 9 heteroatoms. The third kappa shape index (κ3) is 4.50. The van der Waals surface area contributed by atoms with Gasteiger partial charge < -0.3 is 19.7 Å². The fourth-order valence-corrected chi connectivity index (χ4v) is 3.00. The molecule has 0 unspecified atom stereocenters. The Morgan fingerprint density at radius 2 is 1.83 bits per heavy atom. The monoisotopic (exact) mass is 404 g/mol. The molecule has 1 fully saturated rings. The summed E-state index contributed by atoms with van der Waals surface area (Å²) in [6.45, 7) is -0.659. The van der Waals surface area contributed by atoms with Crippen LogP contribution in [0.25, 0.3) is 0 Å². The highest BCUT2D eigenvalue weighted by molar-refractivity contribution is 6.01. The highest BCUT2D eigenvalue weighted by Gasteiger charge is 2.37. The van der Waals surface area contributed by atoms with Gasteiger partial charge in [0.2, 0.25) is 5.91 Å². The molecule has 0 radical (unpaired) electrons. The lowest BCUT2D eigenvalue weighted by molar-refractivity contribution is -0.151. The molecule has 0 bridgehead atoms. The number of carbonyl (C=O) groups is 3. The molecule has 2 aromatic rings. The summed E-state index contributed by atoms with van der Waals surface area (Å²) in [5.41, 5.74) is -0.0880. The molecule has 0 aromatic heterocycles. The standard InChI is InChI=1S/C20H18F2N2O5/c1-28-16-8-3-2-7-15(16)24-10-12(9-18(24)26)20(27)29-11-17(25)23-19-13(21)5-4-6-14(19)22/h2-8,12H,9-11H2,1H3,(H,23,25)/t12-/m1/s1. The molecule has 1 heterocycles. The lowest BCUT2D eigenvalue weighted by Gasteiger charge is -2.19. The molecule has 2 aromatic carbocycles. The van der Waals surface area contributed by atoms with Gasteiger partial charge in [-0.1, -0.05) is 18.2 Å². The van der Waals surface area contributed by atoms with E-state index in [1.54, 1.807) is 24.3 Å². The number of esters is 1. The first-order valence-electron chi connectivity index (χ1n) is 8.74. The van der Waals surface area contributed by atoms with E-state index >= 15 is 0 Å². The van der Waals surface area contributed by atoms with Crippen molar-refractivity contribution < 1.29 is 32.6 Å². The molecule has 152 valence electrons. The average molecular weight is 404 g/mol. The molecule has 1 aliphatic heterocycles. The second-order valence-corrected chi connectivity index (χ2v) is 6.33. The van der Waals surface area contributed by atoms with Crippen molar-refractivity contribution >= 4 is 29.2 Å². The summed E-state index contributed by atoms with van der Waals surface area (Å²) < 4.78 is 37.3. The third-order valence-corrected chi connectivity index (χ3v) is 4.41. The minimum absolute atomic E-state index is 0.0710. The van der Waals surface area contributed by atoms with E-state index in [-0.39, 0.29) is 18.9 Å². The van der Waals surface area contributed by atoms with Gasteiger partial charge in [-0.25, -0.2) is 8.78 Å². The highest BCUT2D eigenvalue weighted by Crippen LogP contribution is 2.33. The number of benzene rings is 2. The lowest BCUT2D eigenvalue weighted by Crippen LogP contribution is -2.28. The summed E-state index contributed by atoms with van der Waals surface area (Å²) in [5.74, 6) is -4.11. The van der Waals surface area contributed by atoms with Crippen LogP contribution in [0.2, 0.25) is 0 Å². The van der Waals surface area contributed by atoms with E-state index in [0.717, 1.165) is 18.2 Å². The van der Waals surface area contributed by atoms with Crippen LogP contribution in [0.4, 0.5) is 20.2 Å². The Labute approximate surface area is 165 Å². The van der Waals surface area contributed by atoms with Gasteiger partial charge in [-0.05, 0) is 24.3 Å². The molecule has 1 aliphatic rings. The topological polar surface area (TPSA) is 84.9 Å². The van der Waals surface area contributed by atoms with Crippen LogP contribution >= 0.6 is 0 Å². The zero-order chi connectivity index (χ0) is 21.0. The number of nitrogens with zero attached hydrogens (tertiary/aromatic N) is 1. The lowest BCUT2D eigenvalue weighted by atomic mass is 10.1. The van der Waals surface area contributed by atoms with Gasteiger partial charge in [-0.15, -0.1) is 0 Å². The predicted molar refractivity (Wildman–Crippen MR) is 99.4 cm³/mol.